The zero-order valence-electron chi connectivity index (χ0n) is 15.7. The van der Waals surface area contributed by atoms with Gasteiger partial charge in [-0.3, -0.25) is 9.79 Å². The fraction of sp³-hybridized carbons (Fsp3) is 0.333. The highest BCUT2D eigenvalue weighted by Crippen LogP contribution is 2.26. The van der Waals surface area contributed by atoms with Crippen molar-refractivity contribution in [3.8, 4) is 0 Å². The average Bonchev–Trinajstić information content (AvgIpc) is 3.08. The third kappa shape index (κ3) is 4.42. The summed E-state index contributed by atoms with van der Waals surface area (Å²) in [5.74, 6) is -0.0698. The summed E-state index contributed by atoms with van der Waals surface area (Å²) in [5.41, 5.74) is 4.83. The number of carbonyl (C=O) groups excluding carboxylic acids is 1. The van der Waals surface area contributed by atoms with Gasteiger partial charge in [0.25, 0.3) is 5.91 Å². The first kappa shape index (κ1) is 19.2. The molecule has 1 aromatic rings. The molecule has 2 aliphatic rings. The van der Waals surface area contributed by atoms with Gasteiger partial charge in [0.1, 0.15) is 6.17 Å². The van der Waals surface area contributed by atoms with E-state index in [1.54, 1.807) is 13.2 Å². The molecule has 2 heterocycles. The Morgan fingerprint density at radius 3 is 2.70 bits per heavy atom. The predicted molar refractivity (Wildman–Crippen MR) is 111 cm³/mol. The van der Waals surface area contributed by atoms with Crippen molar-refractivity contribution in [3.05, 3.63) is 70.0 Å². The molecular formula is C21H25ClN4O. The molecule has 0 radical (unpaired) electrons. The number of halogens is 1. The van der Waals surface area contributed by atoms with Gasteiger partial charge in [0.2, 0.25) is 0 Å². The molecule has 0 aliphatic carbocycles. The zero-order valence-corrected chi connectivity index (χ0v) is 16.4. The summed E-state index contributed by atoms with van der Waals surface area (Å²) in [6, 6.07) is 7.66. The number of carbonyl (C=O) groups is 1. The van der Waals surface area contributed by atoms with E-state index in [4.69, 9.17) is 11.6 Å². The molecule has 1 amide bonds. The Morgan fingerprint density at radius 2 is 1.96 bits per heavy atom. The number of hydrogen-bond donors (Lipinski definition) is 3. The highest BCUT2D eigenvalue weighted by molar-refractivity contribution is 6.31. The summed E-state index contributed by atoms with van der Waals surface area (Å²) in [6.07, 6.45) is 8.37. The van der Waals surface area contributed by atoms with Crippen LogP contribution in [0.1, 0.15) is 42.1 Å². The quantitative estimate of drug-likeness (QED) is 0.631. The van der Waals surface area contributed by atoms with Crippen LogP contribution in [0.3, 0.4) is 0 Å². The summed E-state index contributed by atoms with van der Waals surface area (Å²) in [4.78, 5) is 17.1. The van der Waals surface area contributed by atoms with E-state index in [1.807, 2.05) is 36.5 Å². The lowest BCUT2D eigenvalue weighted by Gasteiger charge is -2.19. The zero-order chi connectivity index (χ0) is 19.2. The summed E-state index contributed by atoms with van der Waals surface area (Å²) >= 11 is 6.09. The van der Waals surface area contributed by atoms with Gasteiger partial charge in [0, 0.05) is 48.4 Å². The van der Waals surface area contributed by atoms with Crippen LogP contribution in [0.5, 0.6) is 0 Å². The smallest absolute Gasteiger partial charge is 0.251 e. The number of fused-ring (bicyclic) bond motifs is 1. The minimum Gasteiger partial charge on any atom is -0.367 e. The van der Waals surface area contributed by atoms with Gasteiger partial charge in [0.15, 0.2) is 0 Å². The van der Waals surface area contributed by atoms with Gasteiger partial charge in [-0.15, -0.1) is 0 Å². The van der Waals surface area contributed by atoms with Crippen LogP contribution >= 0.6 is 11.6 Å². The van der Waals surface area contributed by atoms with Crippen molar-refractivity contribution < 1.29 is 4.79 Å². The van der Waals surface area contributed by atoms with E-state index in [9.17, 15) is 4.79 Å². The van der Waals surface area contributed by atoms with E-state index in [-0.39, 0.29) is 12.1 Å². The third-order valence-electron chi connectivity index (χ3n) is 4.71. The molecule has 0 fully saturated rings. The highest BCUT2D eigenvalue weighted by Gasteiger charge is 2.24. The van der Waals surface area contributed by atoms with Crippen LogP contribution < -0.4 is 16.0 Å². The molecule has 1 unspecified atom stereocenters. The Labute approximate surface area is 165 Å². The summed E-state index contributed by atoms with van der Waals surface area (Å²) in [6.45, 7) is 2.67. The molecule has 0 bridgehead atoms. The van der Waals surface area contributed by atoms with E-state index in [0.717, 1.165) is 41.7 Å². The second kappa shape index (κ2) is 8.91. The monoisotopic (exact) mass is 384 g/mol. The largest absolute Gasteiger partial charge is 0.367 e. The first-order chi connectivity index (χ1) is 13.1. The number of aliphatic imine (C=N–C) groups is 1. The van der Waals surface area contributed by atoms with Gasteiger partial charge in [-0.05, 0) is 30.6 Å². The number of hydrogen-bond acceptors (Lipinski definition) is 4. The molecule has 0 spiro atoms. The first-order valence-electron chi connectivity index (χ1n) is 9.26. The van der Waals surface area contributed by atoms with Gasteiger partial charge < -0.3 is 16.0 Å². The molecule has 5 nitrogen and oxygen atoms in total. The molecule has 1 atom stereocenters. The van der Waals surface area contributed by atoms with E-state index in [2.05, 4.69) is 27.9 Å². The molecule has 0 saturated carbocycles. The molecule has 1 aromatic carbocycles. The normalized spacial score (nSPS) is 18.6. The highest BCUT2D eigenvalue weighted by atomic mass is 35.5. The first-order valence-corrected chi connectivity index (χ1v) is 9.64. The topological polar surface area (TPSA) is 65.5 Å². The molecule has 142 valence electrons. The maximum Gasteiger partial charge on any atom is 0.251 e. The minimum absolute atomic E-state index is 0.0660. The Balaban J connectivity index is 1.63. The lowest BCUT2D eigenvalue weighted by atomic mass is 9.99. The van der Waals surface area contributed by atoms with Gasteiger partial charge in [-0.2, -0.15) is 0 Å². The van der Waals surface area contributed by atoms with Gasteiger partial charge >= 0.3 is 0 Å². The summed E-state index contributed by atoms with van der Waals surface area (Å²) < 4.78 is 0. The number of amides is 1. The second-order valence-corrected chi connectivity index (χ2v) is 6.97. The molecule has 2 aliphatic heterocycles. The van der Waals surface area contributed by atoms with Crippen molar-refractivity contribution in [2.75, 3.05) is 13.6 Å². The molecule has 3 N–H and O–H groups in total. The molecule has 0 aromatic heterocycles. The Morgan fingerprint density at radius 1 is 1.22 bits per heavy atom. The molecule has 27 heavy (non-hydrogen) atoms. The number of nitrogens with one attached hydrogen (secondary N) is 3. The van der Waals surface area contributed by atoms with E-state index >= 15 is 0 Å². The summed E-state index contributed by atoms with van der Waals surface area (Å²) in [5, 5.41) is 10.2. The van der Waals surface area contributed by atoms with Crippen LogP contribution in [0.15, 0.2) is 63.9 Å². The maximum absolute atomic E-state index is 12.7. The number of allylic oxidation sites excluding steroid dienone is 2. The number of benzene rings is 1. The van der Waals surface area contributed by atoms with Crippen molar-refractivity contribution in [1.29, 1.82) is 0 Å². The number of dihydropyridines is 1. The predicted octanol–water partition coefficient (Wildman–Crippen LogP) is 3.45. The fourth-order valence-electron chi connectivity index (χ4n) is 3.37. The molecule has 6 heteroatoms. The fourth-order valence-corrected chi connectivity index (χ4v) is 3.55. The van der Waals surface area contributed by atoms with Crippen molar-refractivity contribution in [2.24, 2.45) is 4.99 Å². The van der Waals surface area contributed by atoms with Gasteiger partial charge in [0.05, 0.1) is 5.03 Å². The lowest BCUT2D eigenvalue weighted by Crippen LogP contribution is -2.36. The third-order valence-corrected chi connectivity index (χ3v) is 4.92. The standard InChI is InChI=1S/C21H25ClN4O/c1-3-6-19(23-2)16-7-4-5-8-17(16)21(27)24-10-9-14-12-25-20-18(14)11-15(22)13-26-20/h4-5,7-8,11-13,20,25-26H,3,6,9-10H2,1-2H3,(H,24,27). The lowest BCUT2D eigenvalue weighted by molar-refractivity contribution is 0.0954. The molecule has 0 saturated heterocycles. The second-order valence-electron chi connectivity index (χ2n) is 6.54. The Kier molecular flexibility index (Phi) is 6.35. The van der Waals surface area contributed by atoms with E-state index in [0.29, 0.717) is 17.1 Å². The van der Waals surface area contributed by atoms with Crippen LogP contribution in [-0.2, 0) is 0 Å². The molecular weight excluding hydrogens is 360 g/mol. The minimum atomic E-state index is -0.0698. The Bertz CT molecular complexity index is 838. The van der Waals surface area contributed by atoms with E-state index < -0.39 is 0 Å². The van der Waals surface area contributed by atoms with Crippen molar-refractivity contribution in [2.45, 2.75) is 32.4 Å². The van der Waals surface area contributed by atoms with E-state index in [1.165, 1.54) is 0 Å². The number of rotatable bonds is 7. The van der Waals surface area contributed by atoms with Crippen molar-refractivity contribution in [3.63, 3.8) is 0 Å². The van der Waals surface area contributed by atoms with Crippen LogP contribution in [-0.4, -0.2) is 31.4 Å². The van der Waals surface area contributed by atoms with Crippen LogP contribution in [0, 0.1) is 0 Å². The van der Waals surface area contributed by atoms with Crippen molar-refractivity contribution in [1.82, 2.24) is 16.0 Å². The van der Waals surface area contributed by atoms with Crippen LogP contribution in [0.2, 0.25) is 0 Å². The van der Waals surface area contributed by atoms with Gasteiger partial charge in [-0.25, -0.2) is 0 Å². The van der Waals surface area contributed by atoms with Crippen LogP contribution in [0.25, 0.3) is 0 Å². The van der Waals surface area contributed by atoms with Crippen molar-refractivity contribution >= 4 is 23.2 Å². The average molecular weight is 385 g/mol. The van der Waals surface area contributed by atoms with Crippen LogP contribution in [0.4, 0.5) is 0 Å². The molecule has 3 rings (SSSR count). The van der Waals surface area contributed by atoms with Gasteiger partial charge in [-0.1, -0.05) is 43.1 Å². The number of nitrogens with zero attached hydrogens (tertiary/aromatic N) is 1. The Hall–Kier alpha value is -2.53. The SMILES string of the molecule is CCCC(=NC)c1ccccc1C(=O)NCCC1=CNC2NC=C(Cl)C=C12. The summed E-state index contributed by atoms with van der Waals surface area (Å²) in [7, 11) is 1.78. The maximum atomic E-state index is 12.7.